The van der Waals surface area contributed by atoms with Crippen molar-refractivity contribution in [1.82, 2.24) is 15.2 Å². The van der Waals surface area contributed by atoms with Gasteiger partial charge in [-0.1, -0.05) is 23.2 Å². The molecule has 1 N–H and O–H groups in total. The van der Waals surface area contributed by atoms with Crippen molar-refractivity contribution in [3.05, 3.63) is 28.0 Å². The van der Waals surface area contributed by atoms with Crippen LogP contribution in [0.3, 0.4) is 0 Å². The molecule has 5 heteroatoms. The number of hydrogen-bond acceptors (Lipinski definition) is 3. The zero-order valence-corrected chi connectivity index (χ0v) is 11.6. The Bertz CT molecular complexity index is 387. The standard InChI is InChI=1S/C12H17Cl2N3/c1-8-5-15-6-9(2)17(8)7-11-10(13)3-4-12(14)16-11/h3-4,8-9,15H,5-7H2,1-2H3. The van der Waals surface area contributed by atoms with E-state index >= 15 is 0 Å². The molecule has 0 aromatic carbocycles. The van der Waals surface area contributed by atoms with Crippen molar-refractivity contribution in [1.29, 1.82) is 0 Å². The molecule has 2 atom stereocenters. The van der Waals surface area contributed by atoms with Crippen LogP contribution in [0.25, 0.3) is 0 Å². The lowest BCUT2D eigenvalue weighted by molar-refractivity contribution is 0.107. The topological polar surface area (TPSA) is 28.2 Å². The van der Waals surface area contributed by atoms with Crippen molar-refractivity contribution >= 4 is 23.2 Å². The second kappa shape index (κ2) is 5.53. The highest BCUT2D eigenvalue weighted by Gasteiger charge is 2.25. The molecule has 17 heavy (non-hydrogen) atoms. The Balaban J connectivity index is 2.16. The Morgan fingerprint density at radius 1 is 1.29 bits per heavy atom. The molecule has 2 rings (SSSR count). The number of halogens is 2. The lowest BCUT2D eigenvalue weighted by Gasteiger charge is -2.39. The van der Waals surface area contributed by atoms with Crippen LogP contribution in [0.4, 0.5) is 0 Å². The van der Waals surface area contributed by atoms with Gasteiger partial charge >= 0.3 is 0 Å². The van der Waals surface area contributed by atoms with Crippen LogP contribution in [0.2, 0.25) is 10.2 Å². The Morgan fingerprint density at radius 2 is 1.94 bits per heavy atom. The minimum absolute atomic E-state index is 0.482. The summed E-state index contributed by atoms with van der Waals surface area (Å²) < 4.78 is 0. The molecule has 1 saturated heterocycles. The number of nitrogens with one attached hydrogen (secondary N) is 1. The average molecular weight is 274 g/mol. The average Bonchev–Trinajstić information content (AvgIpc) is 2.28. The van der Waals surface area contributed by atoms with Crippen LogP contribution in [0, 0.1) is 0 Å². The lowest BCUT2D eigenvalue weighted by atomic mass is 10.1. The van der Waals surface area contributed by atoms with Gasteiger partial charge in [0.15, 0.2) is 0 Å². The van der Waals surface area contributed by atoms with Gasteiger partial charge in [0.1, 0.15) is 5.15 Å². The maximum atomic E-state index is 6.15. The fraction of sp³-hybridized carbons (Fsp3) is 0.583. The predicted octanol–water partition coefficient (Wildman–Crippen LogP) is 2.57. The number of piperazine rings is 1. The molecule has 2 unspecified atom stereocenters. The Labute approximate surface area is 112 Å². The van der Waals surface area contributed by atoms with Gasteiger partial charge < -0.3 is 5.32 Å². The molecule has 1 fully saturated rings. The molecule has 1 aliphatic heterocycles. The van der Waals surface area contributed by atoms with Gasteiger partial charge in [-0.15, -0.1) is 0 Å². The van der Waals surface area contributed by atoms with Crippen molar-refractivity contribution in [2.75, 3.05) is 13.1 Å². The highest BCUT2D eigenvalue weighted by Crippen LogP contribution is 2.21. The highest BCUT2D eigenvalue weighted by molar-refractivity contribution is 6.32. The molecule has 2 heterocycles. The molecular formula is C12H17Cl2N3. The first-order chi connectivity index (χ1) is 8.08. The first kappa shape index (κ1) is 13.1. The van der Waals surface area contributed by atoms with Crippen LogP contribution >= 0.6 is 23.2 Å². The maximum Gasteiger partial charge on any atom is 0.129 e. The van der Waals surface area contributed by atoms with Crippen molar-refractivity contribution in [2.24, 2.45) is 0 Å². The van der Waals surface area contributed by atoms with Crippen molar-refractivity contribution in [3.8, 4) is 0 Å². The molecule has 1 aliphatic rings. The summed E-state index contributed by atoms with van der Waals surface area (Å²) in [5.41, 5.74) is 0.861. The van der Waals surface area contributed by atoms with Gasteiger partial charge in [0.25, 0.3) is 0 Å². The number of nitrogens with zero attached hydrogens (tertiary/aromatic N) is 2. The molecule has 0 radical (unpaired) electrons. The van der Waals surface area contributed by atoms with Crippen molar-refractivity contribution < 1.29 is 0 Å². The highest BCUT2D eigenvalue weighted by atomic mass is 35.5. The molecule has 1 aromatic rings. The molecule has 0 bridgehead atoms. The molecule has 3 nitrogen and oxygen atoms in total. The maximum absolute atomic E-state index is 6.15. The quantitative estimate of drug-likeness (QED) is 0.840. The summed E-state index contributed by atoms with van der Waals surface area (Å²) in [5, 5.41) is 4.59. The Morgan fingerprint density at radius 3 is 2.59 bits per heavy atom. The fourth-order valence-electron chi connectivity index (χ4n) is 2.22. The molecule has 1 aromatic heterocycles. The summed E-state index contributed by atoms with van der Waals surface area (Å²) in [6, 6.07) is 4.49. The zero-order chi connectivity index (χ0) is 12.4. The van der Waals surface area contributed by atoms with Crippen LogP contribution < -0.4 is 5.32 Å². The second-order valence-corrected chi connectivity index (χ2v) is 5.39. The first-order valence-corrected chi connectivity index (χ1v) is 6.61. The van der Waals surface area contributed by atoms with E-state index in [-0.39, 0.29) is 0 Å². The first-order valence-electron chi connectivity index (χ1n) is 5.85. The van der Waals surface area contributed by atoms with E-state index in [1.54, 1.807) is 6.07 Å². The van der Waals surface area contributed by atoms with E-state index < -0.39 is 0 Å². The van der Waals surface area contributed by atoms with E-state index in [1.165, 1.54) is 0 Å². The third kappa shape index (κ3) is 3.10. The summed E-state index contributed by atoms with van der Waals surface area (Å²) in [7, 11) is 0. The van der Waals surface area contributed by atoms with Crippen molar-refractivity contribution in [3.63, 3.8) is 0 Å². The number of rotatable bonds is 2. The van der Waals surface area contributed by atoms with E-state index in [0.29, 0.717) is 22.3 Å². The third-order valence-electron chi connectivity index (χ3n) is 3.23. The van der Waals surface area contributed by atoms with E-state index in [9.17, 15) is 0 Å². The normalized spacial score (nSPS) is 26.1. The smallest absolute Gasteiger partial charge is 0.129 e. The Hall–Kier alpha value is -0.350. The molecule has 94 valence electrons. The Kier molecular flexibility index (Phi) is 4.26. The lowest BCUT2D eigenvalue weighted by Crippen LogP contribution is -2.54. The molecule has 0 aliphatic carbocycles. The van der Waals surface area contributed by atoms with Gasteiger partial charge in [-0.2, -0.15) is 0 Å². The fourth-order valence-corrected chi connectivity index (χ4v) is 2.55. The van der Waals surface area contributed by atoms with E-state index in [2.05, 4.69) is 29.0 Å². The monoisotopic (exact) mass is 273 g/mol. The van der Waals surface area contributed by atoms with Crippen molar-refractivity contribution in [2.45, 2.75) is 32.5 Å². The summed E-state index contributed by atoms with van der Waals surface area (Å²) in [5.74, 6) is 0. The van der Waals surface area contributed by atoms with Gasteiger partial charge in [0.2, 0.25) is 0 Å². The van der Waals surface area contributed by atoms with Gasteiger partial charge in [0, 0.05) is 31.7 Å². The predicted molar refractivity (Wildman–Crippen MR) is 71.6 cm³/mol. The number of aromatic nitrogens is 1. The minimum Gasteiger partial charge on any atom is -0.314 e. The van der Waals surface area contributed by atoms with Gasteiger partial charge in [-0.25, -0.2) is 4.98 Å². The molecule has 0 saturated carbocycles. The van der Waals surface area contributed by atoms with E-state index in [1.807, 2.05) is 6.07 Å². The summed E-state index contributed by atoms with van der Waals surface area (Å²) in [6.07, 6.45) is 0. The molecule has 0 amide bonds. The second-order valence-electron chi connectivity index (χ2n) is 4.59. The van der Waals surface area contributed by atoms with Crippen LogP contribution in [-0.4, -0.2) is 35.1 Å². The third-order valence-corrected chi connectivity index (χ3v) is 3.78. The summed E-state index contributed by atoms with van der Waals surface area (Å²) >= 11 is 12.1. The van der Waals surface area contributed by atoms with Crippen LogP contribution in [0.1, 0.15) is 19.5 Å². The van der Waals surface area contributed by atoms with Crippen LogP contribution in [-0.2, 0) is 6.54 Å². The minimum atomic E-state index is 0.482. The van der Waals surface area contributed by atoms with E-state index in [4.69, 9.17) is 23.2 Å². The van der Waals surface area contributed by atoms with E-state index in [0.717, 1.165) is 25.3 Å². The largest absolute Gasteiger partial charge is 0.314 e. The van der Waals surface area contributed by atoms with Gasteiger partial charge in [0.05, 0.1) is 10.7 Å². The van der Waals surface area contributed by atoms with Gasteiger partial charge in [-0.3, -0.25) is 4.90 Å². The zero-order valence-electron chi connectivity index (χ0n) is 10.1. The SMILES string of the molecule is CC1CNCC(C)N1Cc1nc(Cl)ccc1Cl. The van der Waals surface area contributed by atoms with Gasteiger partial charge in [-0.05, 0) is 26.0 Å². The summed E-state index contributed by atoms with van der Waals surface area (Å²) in [6.45, 7) is 7.18. The summed E-state index contributed by atoms with van der Waals surface area (Å²) in [4.78, 5) is 6.71. The molecule has 0 spiro atoms. The van der Waals surface area contributed by atoms with Crippen LogP contribution in [0.15, 0.2) is 12.1 Å². The number of pyridine rings is 1. The molecular weight excluding hydrogens is 257 g/mol. The van der Waals surface area contributed by atoms with Crippen LogP contribution in [0.5, 0.6) is 0 Å². The number of hydrogen-bond donors (Lipinski definition) is 1.